The van der Waals surface area contributed by atoms with Gasteiger partial charge in [-0.15, -0.1) is 0 Å². The molecular weight excluding hydrogens is 1620 g/mol. The third-order valence-electron chi connectivity index (χ3n) is 20.1. The number of anilines is 1. The van der Waals surface area contributed by atoms with Crippen LogP contribution >= 0.6 is 33.8 Å². The number of benzene rings is 7. The Balaban J connectivity index is 0.913. The average Bonchev–Trinajstić information content (AvgIpc) is 0.903. The van der Waals surface area contributed by atoms with Crippen LogP contribution in [0.4, 0.5) is 5.69 Å². The van der Waals surface area contributed by atoms with E-state index in [2.05, 4.69) is 63.5 Å². The number of hydrogen-bond acceptors (Lipinski definition) is 20. The van der Waals surface area contributed by atoms with Crippen LogP contribution in [0.1, 0.15) is 84.5 Å². The smallest absolute Gasteiger partial charge is 0.336 e. The van der Waals surface area contributed by atoms with Crippen molar-refractivity contribution in [2.45, 2.75) is 132 Å². The minimum absolute atomic E-state index is 0.0181. The second kappa shape index (κ2) is 44.9. The Kier molecular flexibility index (Phi) is 33.7. The fourth-order valence-corrected chi connectivity index (χ4v) is 16.4. The number of carboxylic acids is 1. The molecule has 33 nitrogen and oxygen atoms in total. The highest BCUT2D eigenvalue weighted by atomic mass is 33.1. The number of primary amides is 1. The van der Waals surface area contributed by atoms with Crippen molar-refractivity contribution in [1.29, 1.82) is 5.41 Å². The van der Waals surface area contributed by atoms with Crippen molar-refractivity contribution in [3.8, 4) is 28.2 Å². The lowest BCUT2D eigenvalue weighted by Crippen LogP contribution is -2.62. The number of nitrogens with two attached hydrogens (primary N) is 3. The summed E-state index contributed by atoms with van der Waals surface area (Å²) >= 11 is 5.61. The number of phenolic OH excluding ortho intramolecular Hbond substituents is 1. The fourth-order valence-electron chi connectivity index (χ4n) is 14.0. The van der Waals surface area contributed by atoms with Gasteiger partial charge in [-0.1, -0.05) is 137 Å². The molecule has 36 heteroatoms. The number of nitrogens with one attached hydrogen (secondary N) is 13. The highest BCUT2D eigenvalue weighted by molar-refractivity contribution is 8.76. The van der Waals surface area contributed by atoms with E-state index in [1.165, 1.54) is 43.3 Å². The van der Waals surface area contributed by atoms with Gasteiger partial charge in [-0.05, 0) is 134 Å². The van der Waals surface area contributed by atoms with Crippen LogP contribution in [-0.4, -0.2) is 200 Å². The summed E-state index contributed by atoms with van der Waals surface area (Å²) in [5.41, 5.74) is 21.6. The van der Waals surface area contributed by atoms with E-state index in [1.54, 1.807) is 128 Å². The number of fused-ring (bicyclic) bond motifs is 3. The first-order valence-corrected chi connectivity index (χ1v) is 42.6. The highest BCUT2D eigenvalue weighted by Gasteiger charge is 2.38. The molecule has 0 saturated carbocycles. The monoisotopic (exact) mass is 1720 g/mol. The van der Waals surface area contributed by atoms with Crippen molar-refractivity contribution in [3.63, 3.8) is 0 Å². The summed E-state index contributed by atoms with van der Waals surface area (Å²) in [6, 6.07) is 34.1. The Morgan fingerprint density at radius 2 is 1.27 bits per heavy atom. The fraction of sp³-hybridized carbons (Fsp3) is 0.326. The number of carboxylic acid groups (broad SMARTS) is 1. The SMILES string of the molecule is C[C@@H](O)[C@@H]1NC(=O)[C@H](CCCCN)NC(=O)[C@@H](Cc2c[nH]c3ccccc23)NC(=O)[C@H](Cc2ccccc2)NC(=O)[C@@H](NC(=O)[C@H](CCCNC(=N)N)NC(=O)[C@@H](Cc2ccccc2)NC(=O)CCCNC(=S)Nc2ccc(-c3c4ccc(=O)cc-4oc4cc(O)ccc34)c(C(=O)O)c2)CSSCCN(CC(N)=O)C(=O)[C@H](Cc2ccccc2)NC1=O. The maximum atomic E-state index is 15.5. The lowest BCUT2D eigenvalue weighted by molar-refractivity contribution is -0.140. The number of aromatic amines is 1. The summed E-state index contributed by atoms with van der Waals surface area (Å²) in [4.78, 5) is 177. The van der Waals surface area contributed by atoms with Crippen LogP contribution in [-0.2, 0) is 73.6 Å². The number of carbonyl (C=O) groups excluding carboxylic acids is 10. The van der Waals surface area contributed by atoms with E-state index in [4.69, 9.17) is 39.2 Å². The molecule has 10 rings (SSSR count). The third-order valence-corrected chi connectivity index (χ3v) is 22.8. The van der Waals surface area contributed by atoms with Crippen LogP contribution < -0.4 is 81.1 Å². The quantitative estimate of drug-likeness (QED) is 0.00732. The number of thiocarbonyl (C=S) groups is 1. The van der Waals surface area contributed by atoms with E-state index in [9.17, 15) is 48.9 Å². The second-order valence-corrected chi connectivity index (χ2v) is 32.3. The molecule has 3 heterocycles. The Hall–Kier alpha value is -12.9. The number of nitrogens with zero attached hydrogens (tertiary/aromatic N) is 1. The first-order chi connectivity index (χ1) is 58.7. The number of unbranched alkanes of at least 4 members (excludes halogenated alkanes) is 1. The van der Waals surface area contributed by atoms with Crippen LogP contribution in [0.15, 0.2) is 185 Å². The molecule has 642 valence electrons. The normalized spacial score (nSPS) is 18.0. The van der Waals surface area contributed by atoms with Gasteiger partial charge in [0.15, 0.2) is 16.5 Å². The summed E-state index contributed by atoms with van der Waals surface area (Å²) in [5.74, 6) is -10.5. The van der Waals surface area contributed by atoms with Gasteiger partial charge in [0.2, 0.25) is 59.1 Å². The summed E-state index contributed by atoms with van der Waals surface area (Å²) < 4.78 is 5.97. The van der Waals surface area contributed by atoms with Gasteiger partial charge in [-0.2, -0.15) is 0 Å². The predicted octanol–water partition coefficient (Wildman–Crippen LogP) is 3.85. The average molecular weight is 1720 g/mol. The van der Waals surface area contributed by atoms with E-state index >= 15 is 24.0 Å². The van der Waals surface area contributed by atoms with Crippen LogP contribution in [0.3, 0.4) is 0 Å². The van der Waals surface area contributed by atoms with Gasteiger partial charge in [-0.25, -0.2) is 4.79 Å². The zero-order valence-corrected chi connectivity index (χ0v) is 69.2. The molecule has 7 aromatic rings. The number of aromatic hydroxyl groups is 1. The van der Waals surface area contributed by atoms with E-state index in [0.717, 1.165) is 26.5 Å². The van der Waals surface area contributed by atoms with Crippen LogP contribution in [0, 0.1) is 5.41 Å². The van der Waals surface area contributed by atoms with Gasteiger partial charge < -0.3 is 105 Å². The van der Waals surface area contributed by atoms with E-state index in [-0.39, 0.29) is 152 Å². The van der Waals surface area contributed by atoms with Crippen molar-refractivity contribution in [2.24, 2.45) is 17.2 Å². The highest BCUT2D eigenvalue weighted by Crippen LogP contribution is 2.43. The van der Waals surface area contributed by atoms with Crippen LogP contribution in [0.2, 0.25) is 0 Å². The summed E-state index contributed by atoms with van der Waals surface area (Å²) in [6.45, 7) is 0.760. The zero-order valence-electron chi connectivity index (χ0n) is 66.7. The number of aromatic carboxylic acids is 1. The first-order valence-electron chi connectivity index (χ1n) is 39.7. The molecule has 22 N–H and O–H groups in total. The third kappa shape index (κ3) is 26.5. The van der Waals surface area contributed by atoms with Gasteiger partial charge in [-0.3, -0.25) is 58.1 Å². The van der Waals surface area contributed by atoms with Crippen molar-refractivity contribution in [2.75, 3.05) is 49.5 Å². The molecule has 0 spiro atoms. The number of carbonyl (C=O) groups is 11. The molecule has 10 amide bonds. The van der Waals surface area contributed by atoms with Crippen molar-refractivity contribution < 1.29 is 72.5 Å². The standard InChI is InChI=1S/C86H99N17O16S3/c1-49(104)75-82(115)100-68(41-52-21-9-4-10-22-52)83(116)103(47-72(88)107)37-38-121-122-48-69(81(114)98-66(40-51-19-7-3-8-20-51)79(112)99-67(42-53-46-93-62-24-12-11-23-57(53)62)80(113)96-63(77(110)102-75)25-13-14-34-87)101-76(109)64(26-15-35-91-85(89)90)97-78(111)65(39-50-17-5-2-6-18-50)95-73(108)27-16-36-92-86(120)94-54-28-31-58(61(43-54)84(117)118)74-59-32-29-55(105)44-70(59)119-71-45-56(106)30-33-60(71)74/h2-12,17-24,28-33,43-46,49,63-69,75,93,104-105H,13-16,25-27,34-42,47-48,87H2,1H3,(H2,88,107)(H,95,108)(H,96,113)(H,97,111)(H,98,114)(H,99,112)(H,100,115)(H,101,109)(H,102,110)(H,117,118)(H4,89,90,91)(H2,92,94,120)/t49-,63+,64+,65-,66+,67-,68+,69+,75+/m1/s1. The van der Waals surface area contributed by atoms with Crippen LogP contribution in [0.5, 0.6) is 5.75 Å². The van der Waals surface area contributed by atoms with Crippen LogP contribution in [0.25, 0.3) is 44.3 Å². The number of aromatic nitrogens is 1. The number of rotatable bonds is 31. The molecule has 2 aliphatic heterocycles. The van der Waals surface area contributed by atoms with Gasteiger partial charge >= 0.3 is 5.97 Å². The Labute approximate surface area is 715 Å². The van der Waals surface area contributed by atoms with Gasteiger partial charge in [0, 0.05) is 115 Å². The minimum atomic E-state index is -1.73. The number of amides is 10. The molecule has 1 aliphatic carbocycles. The largest absolute Gasteiger partial charge is 0.508 e. The number of guanidine groups is 1. The predicted molar refractivity (Wildman–Crippen MR) is 469 cm³/mol. The van der Waals surface area contributed by atoms with E-state index in [1.807, 2.05) is 12.1 Å². The van der Waals surface area contributed by atoms with Crippen molar-refractivity contribution in [3.05, 3.63) is 214 Å². The molecule has 0 bridgehead atoms. The van der Waals surface area contributed by atoms with Gasteiger partial charge in [0.05, 0.1) is 18.2 Å². The number of phenols is 1. The zero-order chi connectivity index (χ0) is 87.4. The molecule has 9 atom stereocenters. The van der Waals surface area contributed by atoms with Gasteiger partial charge in [0.1, 0.15) is 65.4 Å². The molecule has 1 saturated heterocycles. The summed E-state index contributed by atoms with van der Waals surface area (Å²) in [5, 5.41) is 72.1. The lowest BCUT2D eigenvalue weighted by atomic mass is 9.90. The van der Waals surface area contributed by atoms with Gasteiger partial charge in [0.25, 0.3) is 0 Å². The summed E-state index contributed by atoms with van der Waals surface area (Å²) in [6.07, 6.45) is -0.0150. The topological polar surface area (TPSA) is 532 Å². The number of hydrogen-bond donors (Lipinski definition) is 19. The molecular formula is C86H99N17O16S3. The molecule has 0 radical (unpaired) electrons. The number of H-pyrrole nitrogens is 1. The van der Waals surface area contributed by atoms with Crippen molar-refractivity contribution >= 4 is 137 Å². The molecule has 122 heavy (non-hydrogen) atoms. The molecule has 0 unspecified atom stereocenters. The minimum Gasteiger partial charge on any atom is -0.508 e. The Morgan fingerprint density at radius 3 is 1.95 bits per heavy atom. The molecule has 6 aromatic carbocycles. The van der Waals surface area contributed by atoms with E-state index < -0.39 is 126 Å². The Morgan fingerprint density at radius 1 is 0.639 bits per heavy atom. The number of aliphatic hydroxyl groups is 1. The maximum Gasteiger partial charge on any atom is 0.336 e. The van der Waals surface area contributed by atoms with E-state index in [0.29, 0.717) is 56.1 Å². The lowest BCUT2D eigenvalue weighted by Gasteiger charge is -2.30. The first kappa shape index (κ1) is 91.4. The van der Waals surface area contributed by atoms with Crippen molar-refractivity contribution in [1.82, 2.24) is 63.1 Å². The number of para-hydroxylation sites is 1. The molecule has 1 aromatic heterocycles. The number of aliphatic hydroxyl groups excluding tert-OH is 1. The second-order valence-electron chi connectivity index (χ2n) is 29.3. The maximum absolute atomic E-state index is 15.5. The molecule has 3 aliphatic rings. The summed E-state index contributed by atoms with van der Waals surface area (Å²) in [7, 11) is 2.14. The molecule has 1 fully saturated rings. The Bertz CT molecular complexity index is 5260.